The second-order valence-electron chi connectivity index (χ2n) is 9.36. The molecule has 9 heteroatoms. The van der Waals surface area contributed by atoms with E-state index in [1.165, 1.54) is 11.8 Å². The zero-order chi connectivity index (χ0) is 25.7. The Morgan fingerprint density at radius 3 is 2.37 bits per heavy atom. The molecule has 3 rings (SSSR count). The van der Waals surface area contributed by atoms with Crippen LogP contribution >= 0.6 is 24.0 Å². The average Bonchev–Trinajstić information content (AvgIpc) is 3.07. The number of carbonyl (C=O) groups is 1. The number of unbranched alkanes of at least 4 members (excludes halogenated alkanes) is 3. The van der Waals surface area contributed by atoms with Crippen molar-refractivity contribution in [3.05, 3.63) is 31.9 Å². The molecule has 0 radical (unpaired) electrons. The largest absolute Gasteiger partial charge is 0.372 e. The van der Waals surface area contributed by atoms with Crippen LogP contribution in [0.4, 0.5) is 5.82 Å². The Hall–Kier alpha value is -2.15. The lowest BCUT2D eigenvalue weighted by Gasteiger charge is -2.39. The van der Waals surface area contributed by atoms with E-state index in [1.807, 2.05) is 19.9 Å². The number of nitrogens with zero attached hydrogens (tertiary/aromatic N) is 4. The van der Waals surface area contributed by atoms with Crippen LogP contribution < -0.4 is 10.5 Å². The van der Waals surface area contributed by atoms with Crippen LogP contribution in [-0.2, 0) is 16.1 Å². The molecule has 2 saturated heterocycles. The molecule has 0 saturated carbocycles. The maximum atomic E-state index is 13.4. The van der Waals surface area contributed by atoms with Gasteiger partial charge in [0.25, 0.3) is 11.5 Å². The zero-order valence-electron chi connectivity index (χ0n) is 21.4. The molecule has 2 aliphatic rings. The number of thioether (sulfide) groups is 1. The number of hydrogen-bond donors (Lipinski definition) is 0. The summed E-state index contributed by atoms with van der Waals surface area (Å²) in [5.74, 6) is 0.660. The number of ether oxygens (including phenoxy) is 1. The van der Waals surface area contributed by atoms with E-state index in [9.17, 15) is 14.9 Å². The molecule has 7 nitrogen and oxygen atoms in total. The highest BCUT2D eigenvalue weighted by atomic mass is 32.2. The minimum Gasteiger partial charge on any atom is -0.372 e. The minimum atomic E-state index is -0.274. The molecule has 0 spiro atoms. The molecule has 1 aromatic heterocycles. The molecular weight excluding hydrogens is 480 g/mol. The van der Waals surface area contributed by atoms with Gasteiger partial charge in [-0.2, -0.15) is 5.26 Å². The minimum absolute atomic E-state index is 0.00551. The van der Waals surface area contributed by atoms with Crippen LogP contribution in [0.1, 0.15) is 76.5 Å². The Labute approximate surface area is 218 Å². The number of amides is 1. The summed E-state index contributed by atoms with van der Waals surface area (Å²) in [6.07, 6.45) is 6.59. The zero-order valence-corrected chi connectivity index (χ0v) is 23.1. The van der Waals surface area contributed by atoms with Crippen molar-refractivity contribution in [3.63, 3.8) is 0 Å². The van der Waals surface area contributed by atoms with Crippen LogP contribution in [-0.4, -0.2) is 51.5 Å². The fourth-order valence-corrected chi connectivity index (χ4v) is 5.99. The number of morpholine rings is 1. The van der Waals surface area contributed by atoms with Gasteiger partial charge < -0.3 is 9.64 Å². The number of aromatic nitrogens is 1. The maximum Gasteiger partial charge on any atom is 0.270 e. The fourth-order valence-electron chi connectivity index (χ4n) is 4.70. The van der Waals surface area contributed by atoms with Gasteiger partial charge >= 0.3 is 0 Å². The van der Waals surface area contributed by atoms with E-state index in [2.05, 4.69) is 24.8 Å². The van der Waals surface area contributed by atoms with Crippen molar-refractivity contribution in [3.8, 4) is 6.07 Å². The Kier molecular flexibility index (Phi) is 9.56. The van der Waals surface area contributed by atoms with Crippen molar-refractivity contribution in [2.75, 3.05) is 24.5 Å². The van der Waals surface area contributed by atoms with Crippen molar-refractivity contribution < 1.29 is 9.53 Å². The second kappa shape index (κ2) is 12.2. The fraction of sp³-hybridized carbons (Fsp3) is 0.615. The standard InChI is InChI=1S/C26H36N4O3S2/c1-6-8-10-12-30-25(32)22(35-26(30)34)13-20-19(5)21(14-27)24(31)29(11-9-7-2)23(20)28-15-17(3)33-18(4)16-28/h13,17-18H,6-12,15-16H2,1-5H3/b22-13-. The highest BCUT2D eigenvalue weighted by molar-refractivity contribution is 8.26. The predicted molar refractivity (Wildman–Crippen MR) is 147 cm³/mol. The van der Waals surface area contributed by atoms with Crippen LogP contribution in [0.15, 0.2) is 9.70 Å². The Morgan fingerprint density at radius 2 is 1.77 bits per heavy atom. The number of hydrogen-bond acceptors (Lipinski definition) is 7. The highest BCUT2D eigenvalue weighted by Gasteiger charge is 2.34. The van der Waals surface area contributed by atoms with Crippen LogP contribution in [0.3, 0.4) is 0 Å². The third-order valence-corrected chi connectivity index (χ3v) is 7.81. The van der Waals surface area contributed by atoms with Crippen LogP contribution in [0.25, 0.3) is 6.08 Å². The first-order valence-corrected chi connectivity index (χ1v) is 13.8. The molecule has 0 aromatic carbocycles. The number of pyridine rings is 1. The van der Waals surface area contributed by atoms with E-state index < -0.39 is 0 Å². The third kappa shape index (κ3) is 5.99. The summed E-state index contributed by atoms with van der Waals surface area (Å²) in [5, 5.41) is 9.86. The first kappa shape index (κ1) is 27.4. The monoisotopic (exact) mass is 516 g/mol. The molecular formula is C26H36N4O3S2. The SMILES string of the molecule is CCCCCN1C(=O)/C(=C/c2c(C)c(C#N)c(=O)n(CCCC)c2N2CC(C)OC(C)C2)SC1=S. The van der Waals surface area contributed by atoms with E-state index in [1.54, 1.807) is 16.4 Å². The molecule has 0 aliphatic carbocycles. The maximum absolute atomic E-state index is 13.4. The summed E-state index contributed by atoms with van der Waals surface area (Å²) < 4.78 is 8.24. The molecule has 35 heavy (non-hydrogen) atoms. The summed E-state index contributed by atoms with van der Waals surface area (Å²) in [5.41, 5.74) is 1.20. The van der Waals surface area contributed by atoms with E-state index in [0.717, 1.165) is 43.5 Å². The molecule has 1 amide bonds. The van der Waals surface area contributed by atoms with Gasteiger partial charge in [-0.1, -0.05) is 57.1 Å². The molecule has 1 aromatic rings. The molecule has 3 heterocycles. The summed E-state index contributed by atoms with van der Waals surface area (Å²) in [6.45, 7) is 12.4. The van der Waals surface area contributed by atoms with Gasteiger partial charge in [0.2, 0.25) is 0 Å². The van der Waals surface area contributed by atoms with Crippen LogP contribution in [0, 0.1) is 18.3 Å². The van der Waals surface area contributed by atoms with Crippen molar-refractivity contribution in [2.45, 2.75) is 85.5 Å². The van der Waals surface area contributed by atoms with Gasteiger partial charge in [-0.15, -0.1) is 0 Å². The van der Waals surface area contributed by atoms with Gasteiger partial charge in [0.1, 0.15) is 21.8 Å². The Bertz CT molecular complexity index is 1100. The summed E-state index contributed by atoms with van der Waals surface area (Å²) >= 11 is 6.82. The van der Waals surface area contributed by atoms with Crippen molar-refractivity contribution in [1.29, 1.82) is 5.26 Å². The van der Waals surface area contributed by atoms with Crippen molar-refractivity contribution in [2.24, 2.45) is 0 Å². The van der Waals surface area contributed by atoms with Gasteiger partial charge in [0.05, 0.1) is 17.1 Å². The van der Waals surface area contributed by atoms with Crippen LogP contribution in [0.2, 0.25) is 0 Å². The van der Waals surface area contributed by atoms with Gasteiger partial charge in [-0.05, 0) is 45.3 Å². The number of nitriles is 1. The molecule has 2 atom stereocenters. The molecule has 2 aliphatic heterocycles. The van der Waals surface area contributed by atoms with E-state index >= 15 is 0 Å². The lowest BCUT2D eigenvalue weighted by Crippen LogP contribution is -2.48. The summed E-state index contributed by atoms with van der Waals surface area (Å²) in [7, 11) is 0. The van der Waals surface area contributed by atoms with Crippen LogP contribution in [0.5, 0.6) is 0 Å². The number of anilines is 1. The predicted octanol–water partition coefficient (Wildman–Crippen LogP) is 4.83. The highest BCUT2D eigenvalue weighted by Crippen LogP contribution is 2.36. The summed E-state index contributed by atoms with van der Waals surface area (Å²) in [4.78, 5) is 31.1. The average molecular weight is 517 g/mol. The van der Waals surface area contributed by atoms with Crippen molar-refractivity contribution >= 4 is 46.1 Å². The number of rotatable bonds is 9. The molecule has 2 fully saturated rings. The van der Waals surface area contributed by atoms with E-state index in [4.69, 9.17) is 17.0 Å². The van der Waals surface area contributed by atoms with E-state index in [-0.39, 0.29) is 29.2 Å². The van der Waals surface area contributed by atoms with Gasteiger partial charge in [-0.25, -0.2) is 0 Å². The number of thiocarbonyl (C=S) groups is 1. The second-order valence-corrected chi connectivity index (χ2v) is 11.0. The first-order valence-electron chi connectivity index (χ1n) is 12.6. The third-order valence-electron chi connectivity index (χ3n) is 6.44. The first-order chi connectivity index (χ1) is 16.7. The number of carbonyl (C=O) groups excluding carboxylic acids is 1. The lowest BCUT2D eigenvalue weighted by atomic mass is 10.0. The molecule has 190 valence electrons. The molecule has 0 N–H and O–H groups in total. The topological polar surface area (TPSA) is 78.6 Å². The lowest BCUT2D eigenvalue weighted by molar-refractivity contribution is -0.122. The van der Waals surface area contributed by atoms with Gasteiger partial charge in [0, 0.05) is 31.7 Å². The van der Waals surface area contributed by atoms with Crippen molar-refractivity contribution in [1.82, 2.24) is 9.47 Å². The van der Waals surface area contributed by atoms with E-state index in [0.29, 0.717) is 41.0 Å². The summed E-state index contributed by atoms with van der Waals surface area (Å²) in [6, 6.07) is 2.12. The Morgan fingerprint density at radius 1 is 1.11 bits per heavy atom. The van der Waals surface area contributed by atoms with Gasteiger partial charge in [-0.3, -0.25) is 19.1 Å². The molecule has 0 bridgehead atoms. The smallest absolute Gasteiger partial charge is 0.270 e. The van der Waals surface area contributed by atoms with Gasteiger partial charge in [0.15, 0.2) is 0 Å². The Balaban J connectivity index is 2.17. The molecule has 2 unspecified atom stereocenters. The normalized spacial score (nSPS) is 21.8. The quantitative estimate of drug-likeness (QED) is 0.264.